The largest absolute Gasteiger partial charge is 0.465 e. The van der Waals surface area contributed by atoms with Gasteiger partial charge in [0.25, 0.3) is 5.56 Å². The van der Waals surface area contributed by atoms with E-state index in [1.54, 1.807) is 6.07 Å². The first kappa shape index (κ1) is 16.4. The van der Waals surface area contributed by atoms with Crippen molar-refractivity contribution in [2.75, 3.05) is 7.11 Å². The summed E-state index contributed by atoms with van der Waals surface area (Å²) in [7, 11) is 1.18. The number of hydrogen-bond donors (Lipinski definition) is 1. The summed E-state index contributed by atoms with van der Waals surface area (Å²) in [6, 6.07) is 7.99. The molecule has 0 aliphatic rings. The number of carbonyl (C=O) groups excluding carboxylic acids is 1. The van der Waals surface area contributed by atoms with Gasteiger partial charge >= 0.3 is 5.97 Å². The standard InChI is InChI=1S/C16H13FN2O4/c1-23-16(22)12-6-11(7-18)15(21)19(8-12)9-14(20)10-2-4-13(17)5-3-10/h2-6,8,14,20H,9H2,1H3/t14-/m1/s1. The maximum absolute atomic E-state index is 12.9. The van der Waals surface area contributed by atoms with Gasteiger partial charge in [-0.05, 0) is 23.8 Å². The van der Waals surface area contributed by atoms with Gasteiger partial charge in [0.2, 0.25) is 0 Å². The lowest BCUT2D eigenvalue weighted by molar-refractivity contribution is 0.0598. The molecule has 0 aliphatic heterocycles. The Kier molecular flexibility index (Phi) is 4.88. The van der Waals surface area contributed by atoms with E-state index in [1.165, 1.54) is 37.6 Å². The van der Waals surface area contributed by atoms with Gasteiger partial charge in [-0.3, -0.25) is 4.79 Å². The van der Waals surface area contributed by atoms with E-state index in [1.807, 2.05) is 0 Å². The third kappa shape index (κ3) is 3.62. The highest BCUT2D eigenvalue weighted by molar-refractivity contribution is 5.89. The Morgan fingerprint density at radius 1 is 1.43 bits per heavy atom. The topological polar surface area (TPSA) is 92.3 Å². The Morgan fingerprint density at radius 2 is 2.09 bits per heavy atom. The van der Waals surface area contributed by atoms with Gasteiger partial charge in [0, 0.05) is 6.20 Å². The first-order valence-electron chi connectivity index (χ1n) is 6.62. The van der Waals surface area contributed by atoms with Gasteiger partial charge in [-0.1, -0.05) is 12.1 Å². The number of aromatic nitrogens is 1. The molecule has 0 amide bonds. The Hall–Kier alpha value is -2.98. The van der Waals surface area contributed by atoms with Crippen LogP contribution in [0.15, 0.2) is 41.3 Å². The first-order valence-corrected chi connectivity index (χ1v) is 6.62. The van der Waals surface area contributed by atoms with E-state index < -0.39 is 23.4 Å². The maximum atomic E-state index is 12.9. The van der Waals surface area contributed by atoms with Gasteiger partial charge in [-0.2, -0.15) is 5.26 Å². The number of aliphatic hydroxyl groups is 1. The molecular formula is C16H13FN2O4. The lowest BCUT2D eigenvalue weighted by Gasteiger charge is -2.14. The molecule has 0 unspecified atom stereocenters. The van der Waals surface area contributed by atoms with Crippen molar-refractivity contribution in [1.29, 1.82) is 5.26 Å². The van der Waals surface area contributed by atoms with Crippen LogP contribution in [0.2, 0.25) is 0 Å². The van der Waals surface area contributed by atoms with E-state index in [0.717, 1.165) is 10.6 Å². The highest BCUT2D eigenvalue weighted by Crippen LogP contribution is 2.15. The molecule has 1 N–H and O–H groups in total. The second kappa shape index (κ2) is 6.85. The molecule has 1 aromatic heterocycles. The first-order chi connectivity index (χ1) is 11.0. The highest BCUT2D eigenvalue weighted by atomic mass is 19.1. The summed E-state index contributed by atoms with van der Waals surface area (Å²) in [4.78, 5) is 23.7. The second-order valence-electron chi connectivity index (χ2n) is 4.77. The van der Waals surface area contributed by atoms with Crippen molar-refractivity contribution in [2.24, 2.45) is 0 Å². The van der Waals surface area contributed by atoms with E-state index in [0.29, 0.717) is 5.56 Å². The van der Waals surface area contributed by atoms with Crippen LogP contribution in [0.3, 0.4) is 0 Å². The monoisotopic (exact) mass is 316 g/mol. The predicted molar refractivity (Wildman–Crippen MR) is 78.1 cm³/mol. The fraction of sp³-hybridized carbons (Fsp3) is 0.188. The molecule has 0 aliphatic carbocycles. The number of nitrogens with zero attached hydrogens (tertiary/aromatic N) is 2. The van der Waals surface area contributed by atoms with E-state index >= 15 is 0 Å². The summed E-state index contributed by atoms with van der Waals surface area (Å²) in [6.07, 6.45) is 0.106. The smallest absolute Gasteiger partial charge is 0.339 e. The van der Waals surface area contributed by atoms with Crippen molar-refractivity contribution in [3.05, 3.63) is 69.4 Å². The number of rotatable bonds is 4. The molecule has 1 heterocycles. The fourth-order valence-corrected chi connectivity index (χ4v) is 2.06. The number of benzene rings is 1. The quantitative estimate of drug-likeness (QED) is 0.860. The zero-order valence-corrected chi connectivity index (χ0v) is 12.2. The number of methoxy groups -OCH3 is 1. The number of nitriles is 1. The molecule has 0 saturated carbocycles. The third-order valence-electron chi connectivity index (χ3n) is 3.25. The van der Waals surface area contributed by atoms with Crippen molar-refractivity contribution in [3.63, 3.8) is 0 Å². The third-order valence-corrected chi connectivity index (χ3v) is 3.25. The van der Waals surface area contributed by atoms with Crippen molar-refractivity contribution < 1.29 is 19.0 Å². The number of ether oxygens (including phenoxy) is 1. The van der Waals surface area contributed by atoms with Gasteiger partial charge in [0.1, 0.15) is 17.4 Å². The van der Waals surface area contributed by atoms with Crippen molar-refractivity contribution in [1.82, 2.24) is 4.57 Å². The maximum Gasteiger partial charge on any atom is 0.339 e. The second-order valence-corrected chi connectivity index (χ2v) is 4.77. The lowest BCUT2D eigenvalue weighted by Crippen LogP contribution is -2.26. The predicted octanol–water partition coefficient (Wildman–Crippen LogP) is 1.38. The molecule has 0 bridgehead atoms. The van der Waals surface area contributed by atoms with Gasteiger partial charge in [0.15, 0.2) is 0 Å². The van der Waals surface area contributed by atoms with Gasteiger partial charge < -0.3 is 14.4 Å². The molecule has 7 heteroatoms. The van der Waals surface area contributed by atoms with Gasteiger partial charge in [-0.25, -0.2) is 9.18 Å². The van der Waals surface area contributed by atoms with Crippen LogP contribution in [0, 0.1) is 17.1 Å². The molecule has 0 saturated heterocycles. The number of hydrogen-bond acceptors (Lipinski definition) is 5. The average Bonchev–Trinajstić information content (AvgIpc) is 2.56. The minimum Gasteiger partial charge on any atom is -0.465 e. The summed E-state index contributed by atoms with van der Waals surface area (Å²) in [5.74, 6) is -1.15. The Balaban J connectivity index is 2.38. The lowest BCUT2D eigenvalue weighted by atomic mass is 10.1. The number of halogens is 1. The summed E-state index contributed by atoms with van der Waals surface area (Å²) in [6.45, 7) is -0.190. The number of pyridine rings is 1. The number of aliphatic hydroxyl groups excluding tert-OH is 1. The van der Waals surface area contributed by atoms with Crippen LogP contribution in [0.4, 0.5) is 4.39 Å². The van der Waals surface area contributed by atoms with E-state index in [-0.39, 0.29) is 17.7 Å². The van der Waals surface area contributed by atoms with E-state index in [9.17, 15) is 19.1 Å². The Bertz CT molecular complexity index is 821. The fourth-order valence-electron chi connectivity index (χ4n) is 2.06. The molecule has 6 nitrogen and oxygen atoms in total. The molecule has 0 radical (unpaired) electrons. The van der Waals surface area contributed by atoms with Crippen LogP contribution >= 0.6 is 0 Å². The highest BCUT2D eigenvalue weighted by Gasteiger charge is 2.15. The van der Waals surface area contributed by atoms with Gasteiger partial charge in [0.05, 0.1) is 25.3 Å². The molecule has 0 fully saturated rings. The molecule has 2 aromatic rings. The zero-order chi connectivity index (χ0) is 17.0. The van der Waals surface area contributed by atoms with E-state index in [2.05, 4.69) is 4.74 Å². The Labute approximate surface area is 131 Å². The van der Waals surface area contributed by atoms with Gasteiger partial charge in [-0.15, -0.1) is 0 Å². The van der Waals surface area contributed by atoms with Crippen LogP contribution in [-0.4, -0.2) is 22.8 Å². The number of carbonyl (C=O) groups is 1. The average molecular weight is 316 g/mol. The summed E-state index contributed by atoms with van der Waals surface area (Å²) in [5, 5.41) is 19.1. The summed E-state index contributed by atoms with van der Waals surface area (Å²) < 4.78 is 18.5. The molecular weight excluding hydrogens is 303 g/mol. The Morgan fingerprint density at radius 3 is 2.65 bits per heavy atom. The van der Waals surface area contributed by atoms with Crippen molar-refractivity contribution in [2.45, 2.75) is 12.6 Å². The van der Waals surface area contributed by atoms with Crippen LogP contribution in [0.25, 0.3) is 0 Å². The van der Waals surface area contributed by atoms with Crippen molar-refractivity contribution >= 4 is 5.97 Å². The van der Waals surface area contributed by atoms with Crippen LogP contribution in [0.1, 0.15) is 27.6 Å². The molecule has 23 heavy (non-hydrogen) atoms. The van der Waals surface area contributed by atoms with Crippen LogP contribution < -0.4 is 5.56 Å². The minimum atomic E-state index is -1.10. The summed E-state index contributed by atoms with van der Waals surface area (Å²) >= 11 is 0. The SMILES string of the molecule is COC(=O)c1cc(C#N)c(=O)n(C[C@@H](O)c2ccc(F)cc2)c1. The molecule has 118 valence electrons. The van der Waals surface area contributed by atoms with Crippen LogP contribution in [-0.2, 0) is 11.3 Å². The molecule has 0 spiro atoms. The minimum absolute atomic E-state index is 0.0231. The summed E-state index contributed by atoms with van der Waals surface area (Å²) in [5.41, 5.74) is -0.448. The zero-order valence-electron chi connectivity index (χ0n) is 12.2. The normalized spacial score (nSPS) is 11.6. The molecule has 2 rings (SSSR count). The number of esters is 1. The van der Waals surface area contributed by atoms with E-state index in [4.69, 9.17) is 5.26 Å². The molecule has 1 atom stereocenters. The molecule has 1 aromatic carbocycles. The van der Waals surface area contributed by atoms with Crippen LogP contribution in [0.5, 0.6) is 0 Å². The van der Waals surface area contributed by atoms with Crippen molar-refractivity contribution in [3.8, 4) is 6.07 Å².